The molecule has 1 aromatic heterocycles. The summed E-state index contributed by atoms with van der Waals surface area (Å²) in [6.45, 7) is 3.55. The number of aromatic nitrogens is 1. The van der Waals surface area contributed by atoms with Crippen LogP contribution in [0, 0.1) is 5.92 Å². The number of nitrogens with zero attached hydrogens (tertiary/aromatic N) is 2. The van der Waals surface area contributed by atoms with Crippen LogP contribution in [0.5, 0.6) is 5.75 Å². The van der Waals surface area contributed by atoms with Gasteiger partial charge in [-0.15, -0.1) is 0 Å². The Bertz CT molecular complexity index is 961. The second-order valence-corrected chi connectivity index (χ2v) is 7.59. The second kappa shape index (κ2) is 8.83. The number of fused-ring (bicyclic) bond motifs is 1. The number of anilines is 2. The van der Waals surface area contributed by atoms with E-state index in [1.165, 1.54) is 30.3 Å². The maximum atomic E-state index is 13.0. The molecule has 31 heavy (non-hydrogen) atoms. The molecule has 10 heteroatoms. The van der Waals surface area contributed by atoms with Gasteiger partial charge in [-0.1, -0.05) is 38.1 Å². The highest BCUT2D eigenvalue weighted by Gasteiger charge is 2.31. The normalized spacial score (nSPS) is 14.7. The monoisotopic (exact) mass is 436 g/mol. The average Bonchev–Trinajstić information content (AvgIpc) is 2.70. The van der Waals surface area contributed by atoms with Crippen molar-refractivity contribution in [2.45, 2.75) is 32.5 Å². The molecule has 1 unspecified atom stereocenters. The Morgan fingerprint density at radius 2 is 1.97 bits per heavy atom. The van der Waals surface area contributed by atoms with Gasteiger partial charge in [-0.2, -0.15) is 13.2 Å². The molecule has 3 rings (SSSR count). The van der Waals surface area contributed by atoms with Gasteiger partial charge in [-0.05, 0) is 17.0 Å². The molecular weight excluding hydrogens is 413 g/mol. The van der Waals surface area contributed by atoms with Crippen molar-refractivity contribution in [1.29, 1.82) is 0 Å². The highest BCUT2D eigenvalue weighted by Crippen LogP contribution is 2.31. The number of rotatable bonds is 5. The Morgan fingerprint density at radius 1 is 1.29 bits per heavy atom. The molecule has 0 spiro atoms. The van der Waals surface area contributed by atoms with Crippen LogP contribution in [0.2, 0.25) is 0 Å². The molecule has 2 aromatic rings. The number of carbonyl (C=O) groups is 2. The second-order valence-electron chi connectivity index (χ2n) is 7.59. The van der Waals surface area contributed by atoms with Gasteiger partial charge < -0.3 is 15.4 Å². The largest absolute Gasteiger partial charge is 0.495 e. The van der Waals surface area contributed by atoms with Crippen LogP contribution >= 0.6 is 0 Å². The number of ether oxygens (including phenoxy) is 1. The van der Waals surface area contributed by atoms with Crippen molar-refractivity contribution in [3.8, 4) is 5.75 Å². The summed E-state index contributed by atoms with van der Waals surface area (Å²) in [5, 5.41) is 5.53. The van der Waals surface area contributed by atoms with Crippen LogP contribution in [0.15, 0.2) is 36.5 Å². The van der Waals surface area contributed by atoms with Crippen molar-refractivity contribution in [2.75, 3.05) is 23.9 Å². The Balaban J connectivity index is 1.81. The summed E-state index contributed by atoms with van der Waals surface area (Å²) in [4.78, 5) is 30.5. The van der Waals surface area contributed by atoms with Crippen LogP contribution in [0.3, 0.4) is 0 Å². The minimum absolute atomic E-state index is 0.0562. The topological polar surface area (TPSA) is 83.6 Å². The molecule has 0 radical (unpaired) electrons. The number of halogens is 3. The predicted molar refractivity (Wildman–Crippen MR) is 109 cm³/mol. The van der Waals surface area contributed by atoms with Gasteiger partial charge in [-0.25, -0.2) is 9.78 Å². The molecule has 7 nitrogen and oxygen atoms in total. The van der Waals surface area contributed by atoms with Crippen LogP contribution in [0.25, 0.3) is 0 Å². The van der Waals surface area contributed by atoms with E-state index in [2.05, 4.69) is 15.6 Å². The lowest BCUT2D eigenvalue weighted by Crippen LogP contribution is -2.49. The summed E-state index contributed by atoms with van der Waals surface area (Å²) in [7, 11) is 1.46. The van der Waals surface area contributed by atoms with E-state index in [-0.39, 0.29) is 29.8 Å². The Labute approximate surface area is 177 Å². The third-order valence-corrected chi connectivity index (χ3v) is 4.84. The van der Waals surface area contributed by atoms with Gasteiger partial charge in [-0.3, -0.25) is 9.69 Å². The maximum absolute atomic E-state index is 13.0. The standard InChI is InChI=1S/C21H23F3N4O3/c1-12(2)18(14-6-4-13(5-7-14)9-21(22,23)24)27-20(30)28-11-17(29)26-16-8-15(31-3)10-25-19(16)28/h4-8,10,12,18H,9,11H2,1-3H3,(H,26,29)(H,27,30). The number of nitrogens with one attached hydrogen (secondary N) is 2. The molecule has 0 aliphatic carbocycles. The lowest BCUT2D eigenvalue weighted by atomic mass is 9.95. The zero-order chi connectivity index (χ0) is 22.8. The number of carbonyl (C=O) groups excluding carboxylic acids is 2. The third kappa shape index (κ3) is 5.44. The molecule has 2 N–H and O–H groups in total. The third-order valence-electron chi connectivity index (χ3n) is 4.84. The van der Waals surface area contributed by atoms with Crippen molar-refractivity contribution in [3.05, 3.63) is 47.7 Å². The number of urea groups is 1. The van der Waals surface area contributed by atoms with E-state index in [0.29, 0.717) is 17.0 Å². The Hall–Kier alpha value is -3.30. The SMILES string of the molecule is COc1cnc2c(c1)NC(=O)CN2C(=O)NC(c1ccc(CC(F)(F)F)cc1)C(C)C. The summed E-state index contributed by atoms with van der Waals surface area (Å²) in [6.07, 6.45) is -3.86. The van der Waals surface area contributed by atoms with E-state index in [0.717, 1.165) is 0 Å². The summed E-state index contributed by atoms with van der Waals surface area (Å²) in [5.41, 5.74) is 1.16. The zero-order valence-electron chi connectivity index (χ0n) is 17.3. The molecule has 1 aliphatic rings. The Kier molecular flexibility index (Phi) is 6.37. The summed E-state index contributed by atoms with van der Waals surface area (Å²) < 4.78 is 42.9. The van der Waals surface area contributed by atoms with Gasteiger partial charge in [0.15, 0.2) is 5.82 Å². The summed E-state index contributed by atoms with van der Waals surface area (Å²) >= 11 is 0. The molecule has 0 bridgehead atoms. The fraction of sp³-hybridized carbons (Fsp3) is 0.381. The molecular formula is C21H23F3N4O3. The molecule has 0 fully saturated rings. The van der Waals surface area contributed by atoms with E-state index in [1.807, 2.05) is 13.8 Å². The molecule has 0 saturated heterocycles. The van der Waals surface area contributed by atoms with E-state index in [1.54, 1.807) is 18.2 Å². The number of alkyl halides is 3. The van der Waals surface area contributed by atoms with E-state index in [4.69, 9.17) is 4.74 Å². The van der Waals surface area contributed by atoms with Crippen LogP contribution in [0.1, 0.15) is 31.0 Å². The summed E-state index contributed by atoms with van der Waals surface area (Å²) in [6, 6.07) is 6.52. The fourth-order valence-electron chi connectivity index (χ4n) is 3.35. The van der Waals surface area contributed by atoms with Crippen LogP contribution in [-0.4, -0.2) is 36.8 Å². The number of amides is 3. The van der Waals surface area contributed by atoms with Crippen molar-refractivity contribution >= 4 is 23.4 Å². The maximum Gasteiger partial charge on any atom is 0.393 e. The number of benzene rings is 1. The van der Waals surface area contributed by atoms with E-state index < -0.39 is 24.7 Å². The number of hydrogen-bond acceptors (Lipinski definition) is 4. The average molecular weight is 436 g/mol. The molecule has 166 valence electrons. The van der Waals surface area contributed by atoms with Gasteiger partial charge in [0.1, 0.15) is 12.3 Å². The quantitative estimate of drug-likeness (QED) is 0.741. The zero-order valence-corrected chi connectivity index (χ0v) is 17.3. The van der Waals surface area contributed by atoms with Crippen molar-refractivity contribution in [2.24, 2.45) is 5.92 Å². The predicted octanol–water partition coefficient (Wildman–Crippen LogP) is 4.06. The first-order valence-corrected chi connectivity index (χ1v) is 9.65. The minimum atomic E-state index is -4.29. The van der Waals surface area contributed by atoms with Gasteiger partial charge in [0.25, 0.3) is 0 Å². The Morgan fingerprint density at radius 3 is 2.55 bits per heavy atom. The molecule has 3 amide bonds. The highest BCUT2D eigenvalue weighted by atomic mass is 19.4. The van der Waals surface area contributed by atoms with Gasteiger partial charge in [0, 0.05) is 6.07 Å². The van der Waals surface area contributed by atoms with E-state index >= 15 is 0 Å². The number of pyridine rings is 1. The number of methoxy groups -OCH3 is 1. The molecule has 1 aromatic carbocycles. The minimum Gasteiger partial charge on any atom is -0.495 e. The van der Waals surface area contributed by atoms with Gasteiger partial charge in [0.2, 0.25) is 5.91 Å². The molecule has 2 heterocycles. The first-order chi connectivity index (χ1) is 14.6. The van der Waals surface area contributed by atoms with Gasteiger partial charge >= 0.3 is 12.2 Å². The van der Waals surface area contributed by atoms with Gasteiger partial charge in [0.05, 0.1) is 31.5 Å². The van der Waals surface area contributed by atoms with Crippen LogP contribution in [0.4, 0.5) is 29.5 Å². The van der Waals surface area contributed by atoms with E-state index in [9.17, 15) is 22.8 Å². The van der Waals surface area contributed by atoms with Crippen LogP contribution < -0.4 is 20.3 Å². The van der Waals surface area contributed by atoms with Crippen molar-refractivity contribution < 1.29 is 27.5 Å². The fourth-order valence-corrected chi connectivity index (χ4v) is 3.35. The van der Waals surface area contributed by atoms with Crippen molar-refractivity contribution in [1.82, 2.24) is 10.3 Å². The lowest BCUT2D eigenvalue weighted by molar-refractivity contribution is -0.127. The summed E-state index contributed by atoms with van der Waals surface area (Å²) in [5.74, 6) is 0.274. The first-order valence-electron chi connectivity index (χ1n) is 9.65. The lowest BCUT2D eigenvalue weighted by Gasteiger charge is -2.31. The highest BCUT2D eigenvalue weighted by molar-refractivity contribution is 6.08. The smallest absolute Gasteiger partial charge is 0.393 e. The number of hydrogen-bond donors (Lipinski definition) is 2. The molecule has 0 saturated carbocycles. The first kappa shape index (κ1) is 22.4. The van der Waals surface area contributed by atoms with Crippen molar-refractivity contribution in [3.63, 3.8) is 0 Å². The van der Waals surface area contributed by atoms with Crippen LogP contribution in [-0.2, 0) is 11.2 Å². The molecule has 1 aliphatic heterocycles. The molecule has 1 atom stereocenters.